The SMILES string of the molecule is C=CC1CCCC(C)(C)C1C. The maximum absolute atomic E-state index is 3.90. The van der Waals surface area contributed by atoms with Gasteiger partial charge in [0, 0.05) is 0 Å². The van der Waals surface area contributed by atoms with Crippen molar-refractivity contribution >= 4 is 0 Å². The van der Waals surface area contributed by atoms with Gasteiger partial charge in [-0.3, -0.25) is 0 Å². The summed E-state index contributed by atoms with van der Waals surface area (Å²) in [5, 5.41) is 0. The van der Waals surface area contributed by atoms with E-state index in [0.717, 1.165) is 11.8 Å². The first-order valence-corrected chi connectivity index (χ1v) is 4.70. The summed E-state index contributed by atoms with van der Waals surface area (Å²) >= 11 is 0. The van der Waals surface area contributed by atoms with Crippen molar-refractivity contribution in [3.63, 3.8) is 0 Å². The first-order chi connectivity index (χ1) is 5.08. The average molecular weight is 152 g/mol. The number of hydrogen-bond acceptors (Lipinski definition) is 0. The molecule has 2 atom stereocenters. The van der Waals surface area contributed by atoms with Gasteiger partial charge >= 0.3 is 0 Å². The van der Waals surface area contributed by atoms with E-state index >= 15 is 0 Å². The third-order valence-corrected chi connectivity index (χ3v) is 3.54. The molecule has 1 saturated carbocycles. The zero-order valence-corrected chi connectivity index (χ0v) is 8.06. The number of hydrogen-bond donors (Lipinski definition) is 0. The Labute approximate surface area is 70.7 Å². The maximum atomic E-state index is 3.90. The molecule has 11 heavy (non-hydrogen) atoms. The zero-order valence-electron chi connectivity index (χ0n) is 8.06. The summed E-state index contributed by atoms with van der Waals surface area (Å²) in [6.07, 6.45) is 6.27. The molecule has 0 aromatic heterocycles. The molecule has 0 N–H and O–H groups in total. The van der Waals surface area contributed by atoms with Crippen LogP contribution in [0.25, 0.3) is 0 Å². The predicted octanol–water partition coefficient (Wildman–Crippen LogP) is 3.63. The topological polar surface area (TPSA) is 0 Å². The van der Waals surface area contributed by atoms with E-state index in [1.54, 1.807) is 0 Å². The maximum Gasteiger partial charge on any atom is -0.0205 e. The largest absolute Gasteiger partial charge is 0.103 e. The summed E-state index contributed by atoms with van der Waals surface area (Å²) < 4.78 is 0. The zero-order chi connectivity index (χ0) is 8.48. The van der Waals surface area contributed by atoms with Crippen LogP contribution in [0.4, 0.5) is 0 Å². The lowest BCUT2D eigenvalue weighted by atomic mass is 9.65. The summed E-state index contributed by atoms with van der Waals surface area (Å²) in [5.41, 5.74) is 0.539. The van der Waals surface area contributed by atoms with Crippen LogP contribution < -0.4 is 0 Å². The normalized spacial score (nSPS) is 36.6. The van der Waals surface area contributed by atoms with Gasteiger partial charge in [-0.15, -0.1) is 6.58 Å². The molecule has 0 radical (unpaired) electrons. The fourth-order valence-electron chi connectivity index (χ4n) is 2.17. The van der Waals surface area contributed by atoms with Crippen LogP contribution in [0, 0.1) is 17.3 Å². The highest BCUT2D eigenvalue weighted by Gasteiger charge is 2.33. The van der Waals surface area contributed by atoms with Gasteiger partial charge in [0.1, 0.15) is 0 Å². The van der Waals surface area contributed by atoms with Crippen LogP contribution in [0.3, 0.4) is 0 Å². The van der Waals surface area contributed by atoms with Crippen molar-refractivity contribution in [2.45, 2.75) is 40.0 Å². The minimum atomic E-state index is 0.539. The van der Waals surface area contributed by atoms with Crippen molar-refractivity contribution in [3.05, 3.63) is 12.7 Å². The van der Waals surface area contributed by atoms with Crippen molar-refractivity contribution in [2.24, 2.45) is 17.3 Å². The molecule has 0 saturated heterocycles. The molecule has 1 rings (SSSR count). The van der Waals surface area contributed by atoms with Gasteiger partial charge in [-0.25, -0.2) is 0 Å². The van der Waals surface area contributed by atoms with Crippen LogP contribution >= 0.6 is 0 Å². The van der Waals surface area contributed by atoms with E-state index in [1.807, 2.05) is 0 Å². The van der Waals surface area contributed by atoms with E-state index in [0.29, 0.717) is 5.41 Å². The molecule has 64 valence electrons. The predicted molar refractivity (Wildman–Crippen MR) is 50.5 cm³/mol. The Kier molecular flexibility index (Phi) is 2.41. The van der Waals surface area contributed by atoms with Gasteiger partial charge in [0.2, 0.25) is 0 Å². The second-order valence-electron chi connectivity index (χ2n) is 4.57. The van der Waals surface area contributed by atoms with Gasteiger partial charge in [-0.2, -0.15) is 0 Å². The van der Waals surface area contributed by atoms with E-state index in [1.165, 1.54) is 19.3 Å². The van der Waals surface area contributed by atoms with Crippen molar-refractivity contribution in [3.8, 4) is 0 Å². The van der Waals surface area contributed by atoms with Crippen LogP contribution in [-0.4, -0.2) is 0 Å². The quantitative estimate of drug-likeness (QED) is 0.503. The Morgan fingerprint density at radius 3 is 2.55 bits per heavy atom. The second kappa shape index (κ2) is 3.00. The van der Waals surface area contributed by atoms with Crippen molar-refractivity contribution < 1.29 is 0 Å². The molecule has 0 spiro atoms. The minimum Gasteiger partial charge on any atom is -0.103 e. The molecule has 2 unspecified atom stereocenters. The molecule has 0 amide bonds. The Balaban J connectivity index is 2.67. The van der Waals surface area contributed by atoms with Crippen LogP contribution in [0.5, 0.6) is 0 Å². The lowest BCUT2D eigenvalue weighted by Crippen LogP contribution is -2.31. The molecule has 0 nitrogen and oxygen atoms in total. The Hall–Kier alpha value is -0.260. The van der Waals surface area contributed by atoms with E-state index in [2.05, 4.69) is 33.4 Å². The molecule has 0 aliphatic heterocycles. The molecule has 0 aromatic rings. The summed E-state index contributed by atoms with van der Waals surface area (Å²) in [6, 6.07) is 0. The minimum absolute atomic E-state index is 0.539. The van der Waals surface area contributed by atoms with Gasteiger partial charge < -0.3 is 0 Å². The van der Waals surface area contributed by atoms with Crippen LogP contribution in [0.1, 0.15) is 40.0 Å². The first-order valence-electron chi connectivity index (χ1n) is 4.70. The van der Waals surface area contributed by atoms with Gasteiger partial charge in [-0.05, 0) is 30.1 Å². The smallest absolute Gasteiger partial charge is 0.0205 e. The first kappa shape index (κ1) is 8.83. The monoisotopic (exact) mass is 152 g/mol. The third kappa shape index (κ3) is 1.66. The molecule has 1 aliphatic rings. The molecular formula is C11H20. The Bertz CT molecular complexity index is 144. The van der Waals surface area contributed by atoms with Gasteiger partial charge in [-0.1, -0.05) is 33.3 Å². The summed E-state index contributed by atoms with van der Waals surface area (Å²) in [6.45, 7) is 11.0. The van der Waals surface area contributed by atoms with Gasteiger partial charge in [0.25, 0.3) is 0 Å². The molecule has 0 heterocycles. The van der Waals surface area contributed by atoms with E-state index in [9.17, 15) is 0 Å². The Morgan fingerprint density at radius 1 is 1.45 bits per heavy atom. The van der Waals surface area contributed by atoms with Crippen molar-refractivity contribution in [2.75, 3.05) is 0 Å². The lowest BCUT2D eigenvalue weighted by molar-refractivity contribution is 0.114. The average Bonchev–Trinajstić information content (AvgIpc) is 1.95. The third-order valence-electron chi connectivity index (χ3n) is 3.54. The van der Waals surface area contributed by atoms with Crippen LogP contribution in [-0.2, 0) is 0 Å². The van der Waals surface area contributed by atoms with E-state index in [-0.39, 0.29) is 0 Å². The fourth-order valence-corrected chi connectivity index (χ4v) is 2.17. The number of rotatable bonds is 1. The van der Waals surface area contributed by atoms with Crippen LogP contribution in [0.15, 0.2) is 12.7 Å². The van der Waals surface area contributed by atoms with Crippen LogP contribution in [0.2, 0.25) is 0 Å². The van der Waals surface area contributed by atoms with E-state index < -0.39 is 0 Å². The Morgan fingerprint density at radius 2 is 2.09 bits per heavy atom. The molecular weight excluding hydrogens is 132 g/mol. The van der Waals surface area contributed by atoms with Crippen molar-refractivity contribution in [1.29, 1.82) is 0 Å². The lowest BCUT2D eigenvalue weighted by Gasteiger charge is -2.41. The van der Waals surface area contributed by atoms with E-state index in [4.69, 9.17) is 0 Å². The molecule has 0 aromatic carbocycles. The number of allylic oxidation sites excluding steroid dienone is 1. The second-order valence-corrected chi connectivity index (χ2v) is 4.57. The highest BCUT2D eigenvalue weighted by atomic mass is 14.4. The molecule has 0 bridgehead atoms. The highest BCUT2D eigenvalue weighted by molar-refractivity contribution is 4.93. The highest BCUT2D eigenvalue weighted by Crippen LogP contribution is 2.43. The molecule has 1 fully saturated rings. The molecule has 0 heteroatoms. The summed E-state index contributed by atoms with van der Waals surface area (Å²) in [4.78, 5) is 0. The van der Waals surface area contributed by atoms with Crippen molar-refractivity contribution in [1.82, 2.24) is 0 Å². The summed E-state index contributed by atoms with van der Waals surface area (Å²) in [7, 11) is 0. The summed E-state index contributed by atoms with van der Waals surface area (Å²) in [5.74, 6) is 1.58. The van der Waals surface area contributed by atoms with Gasteiger partial charge in [0.05, 0.1) is 0 Å². The molecule has 1 aliphatic carbocycles. The fraction of sp³-hybridized carbons (Fsp3) is 0.818. The van der Waals surface area contributed by atoms with Gasteiger partial charge in [0.15, 0.2) is 0 Å². The standard InChI is InChI=1S/C11H20/c1-5-10-7-6-8-11(3,4)9(10)2/h5,9-10H,1,6-8H2,2-4H3.